The van der Waals surface area contributed by atoms with E-state index in [9.17, 15) is 25.9 Å². The molecular formula is C32H18CuN8O6S2+. The fourth-order valence-corrected chi connectivity index (χ4v) is 8.14. The van der Waals surface area contributed by atoms with Gasteiger partial charge in [0.25, 0.3) is 20.2 Å². The Morgan fingerprint density at radius 2 is 0.837 bits per heavy atom. The fourth-order valence-electron chi connectivity index (χ4n) is 6.14. The number of H-pyrrole nitrogens is 2. The average Bonchev–Trinajstić information content (AvgIpc) is 3.79. The van der Waals surface area contributed by atoms with Crippen LogP contribution in [-0.2, 0) is 37.3 Å². The number of nitrogens with one attached hydrogen (secondary N) is 2. The first-order chi connectivity index (χ1) is 23.0. The summed E-state index contributed by atoms with van der Waals surface area (Å²) >= 11 is 0. The Hall–Kier alpha value is -5.42. The number of fused-ring (bicyclic) bond motifs is 20. The molecule has 0 atom stereocenters. The van der Waals surface area contributed by atoms with Crippen LogP contribution in [0.5, 0.6) is 0 Å². The van der Waals surface area contributed by atoms with Crippen LogP contribution in [0.2, 0.25) is 0 Å². The fraction of sp³-hybridized carbons (Fsp3) is 0. The Balaban J connectivity index is 0.00000348. The predicted molar refractivity (Wildman–Crippen MR) is 176 cm³/mol. The van der Waals surface area contributed by atoms with Crippen molar-refractivity contribution in [1.82, 2.24) is 39.9 Å². The van der Waals surface area contributed by atoms with Crippen molar-refractivity contribution in [2.45, 2.75) is 9.79 Å². The summed E-state index contributed by atoms with van der Waals surface area (Å²) in [6, 6.07) is 24.2. The number of aromatic amines is 2. The average molecular weight is 738 g/mol. The predicted octanol–water partition coefficient (Wildman–Crippen LogP) is 5.36. The van der Waals surface area contributed by atoms with E-state index >= 15 is 0 Å². The summed E-state index contributed by atoms with van der Waals surface area (Å²) in [6.07, 6.45) is 0. The van der Waals surface area contributed by atoms with E-state index in [-0.39, 0.29) is 50.8 Å². The quantitative estimate of drug-likeness (QED) is 0.130. The van der Waals surface area contributed by atoms with Gasteiger partial charge in [0.05, 0.1) is 5.39 Å². The molecule has 0 aliphatic carbocycles. The van der Waals surface area contributed by atoms with Gasteiger partial charge in [-0.25, -0.2) is 29.9 Å². The zero-order valence-corrected chi connectivity index (χ0v) is 27.0. The molecule has 5 heterocycles. The van der Waals surface area contributed by atoms with Crippen molar-refractivity contribution in [1.29, 1.82) is 0 Å². The van der Waals surface area contributed by atoms with Crippen molar-refractivity contribution in [2.24, 2.45) is 0 Å². The second kappa shape index (κ2) is 10.8. The van der Waals surface area contributed by atoms with Crippen LogP contribution in [-0.4, -0.2) is 65.8 Å². The minimum Gasteiger partial charge on any atom is -0.324 e. The van der Waals surface area contributed by atoms with E-state index in [0.29, 0.717) is 45.2 Å². The van der Waals surface area contributed by atoms with Crippen LogP contribution in [0.1, 0.15) is 0 Å². The van der Waals surface area contributed by atoms with E-state index in [1.54, 1.807) is 24.3 Å². The van der Waals surface area contributed by atoms with Gasteiger partial charge in [-0.15, -0.1) is 0 Å². The summed E-state index contributed by atoms with van der Waals surface area (Å²) in [5.41, 5.74) is 3.32. The molecule has 0 fully saturated rings. The zero-order valence-electron chi connectivity index (χ0n) is 24.4. The molecule has 0 saturated heterocycles. The van der Waals surface area contributed by atoms with Gasteiger partial charge in [0.15, 0.2) is 23.3 Å². The molecule has 0 amide bonds. The summed E-state index contributed by atoms with van der Waals surface area (Å²) in [5, 5.41) is 1.33. The molecule has 7 aromatic rings. The van der Waals surface area contributed by atoms with E-state index in [4.69, 9.17) is 24.9 Å². The van der Waals surface area contributed by atoms with E-state index in [1.165, 1.54) is 6.07 Å². The van der Waals surface area contributed by atoms with Gasteiger partial charge in [-0.05, 0) is 12.1 Å². The first-order valence-electron chi connectivity index (χ1n) is 14.3. The molecule has 2 aliphatic heterocycles. The number of benzene rings is 4. The van der Waals surface area contributed by atoms with Crippen LogP contribution >= 0.6 is 0 Å². The molecule has 9 rings (SSSR count). The molecule has 0 spiro atoms. The Labute approximate surface area is 286 Å². The van der Waals surface area contributed by atoms with Gasteiger partial charge < -0.3 is 9.97 Å². The van der Waals surface area contributed by atoms with Gasteiger partial charge in [0.2, 0.25) is 0 Å². The molecule has 4 aromatic carbocycles. The second-order valence-electron chi connectivity index (χ2n) is 11.0. The molecular weight excluding hydrogens is 720 g/mol. The number of hydrogen-bond donors (Lipinski definition) is 4. The van der Waals surface area contributed by atoms with Crippen molar-refractivity contribution >= 4 is 64.4 Å². The van der Waals surface area contributed by atoms with Crippen molar-refractivity contribution in [2.75, 3.05) is 0 Å². The molecule has 14 nitrogen and oxygen atoms in total. The maximum Gasteiger partial charge on any atom is 1.00 e. The smallest absolute Gasteiger partial charge is 0.324 e. The summed E-state index contributed by atoms with van der Waals surface area (Å²) in [7, 11) is -10.4. The van der Waals surface area contributed by atoms with Crippen LogP contribution in [0.4, 0.5) is 0 Å². The van der Waals surface area contributed by atoms with Gasteiger partial charge >= 0.3 is 17.1 Å². The standard InChI is InChI=1S/C32H18N8O6S2.Cu/c41-47(42,43)22-14-13-21-23(24(22)48(44,45)46)32-39-30-20-12-6-5-11-19(20)28(37-30)35-26-16-8-2-1-7-15(16)25(33-26)34-27-17-9-3-4-10-18(17)29(36-27)38-31(21)40-32;/h1-14H,(H,41,42,43)(H,44,45,46)(H2,33,34,35,36,37,38,39,40);/q;+1. The second-order valence-corrected chi connectivity index (χ2v) is 13.8. The van der Waals surface area contributed by atoms with E-state index in [0.717, 1.165) is 16.8 Å². The van der Waals surface area contributed by atoms with Crippen LogP contribution < -0.4 is 0 Å². The van der Waals surface area contributed by atoms with Crippen molar-refractivity contribution < 1.29 is 43.0 Å². The number of hydrogen-bond acceptors (Lipinski definition) is 10. The van der Waals surface area contributed by atoms with E-state index in [1.807, 2.05) is 48.5 Å². The van der Waals surface area contributed by atoms with Gasteiger partial charge in [-0.1, -0.05) is 72.8 Å². The Morgan fingerprint density at radius 1 is 0.449 bits per heavy atom. The van der Waals surface area contributed by atoms with Gasteiger partial charge in [0.1, 0.15) is 32.4 Å². The third-order valence-electron chi connectivity index (χ3n) is 8.17. The van der Waals surface area contributed by atoms with Gasteiger partial charge in [-0.3, -0.25) is 9.11 Å². The van der Waals surface area contributed by atoms with E-state index in [2.05, 4.69) is 15.0 Å². The summed E-state index contributed by atoms with van der Waals surface area (Å²) in [6.45, 7) is 0. The Bertz CT molecular complexity index is 2980. The summed E-state index contributed by atoms with van der Waals surface area (Å²) in [4.78, 5) is 32.8. The Morgan fingerprint density at radius 3 is 1.27 bits per heavy atom. The molecule has 8 bridgehead atoms. The molecule has 3 aromatic heterocycles. The van der Waals surface area contributed by atoms with Crippen molar-refractivity contribution in [3.05, 3.63) is 84.9 Å². The summed E-state index contributed by atoms with van der Waals surface area (Å²) in [5.74, 6) is 0.980. The number of rotatable bonds is 2. The first kappa shape index (κ1) is 30.9. The minimum atomic E-state index is -5.27. The largest absolute Gasteiger partial charge is 1.00 e. The third kappa shape index (κ3) is 4.82. The third-order valence-corrected chi connectivity index (χ3v) is 10.1. The van der Waals surface area contributed by atoms with Gasteiger partial charge in [-0.2, -0.15) is 16.8 Å². The van der Waals surface area contributed by atoms with Crippen LogP contribution in [0.3, 0.4) is 0 Å². The minimum absolute atomic E-state index is 0. The molecule has 17 heteroatoms. The van der Waals surface area contributed by atoms with Crippen LogP contribution in [0.15, 0.2) is 94.7 Å². The first-order valence-corrected chi connectivity index (χ1v) is 17.1. The zero-order chi connectivity index (χ0) is 32.9. The molecule has 0 saturated carbocycles. The normalized spacial score (nSPS) is 12.4. The molecule has 2 aliphatic rings. The molecule has 49 heavy (non-hydrogen) atoms. The molecule has 244 valence electrons. The monoisotopic (exact) mass is 737 g/mol. The molecule has 0 unspecified atom stereocenters. The van der Waals surface area contributed by atoms with Crippen molar-refractivity contribution in [3.8, 4) is 45.6 Å². The van der Waals surface area contributed by atoms with Crippen LogP contribution in [0, 0.1) is 0 Å². The Kier molecular flexibility index (Phi) is 6.80. The van der Waals surface area contributed by atoms with Crippen molar-refractivity contribution in [3.63, 3.8) is 0 Å². The molecule has 4 N–H and O–H groups in total. The summed E-state index contributed by atoms with van der Waals surface area (Å²) < 4.78 is 70.7. The SMILES string of the molecule is O=S(=O)(O)c1ccc2c3nc4nc(nc5[nH]c(nc6nc(nc([nH]3)c2c1S(=O)(=O)O)-c1ccccc1-6)c1ccccc51)-c1ccccc1-4.[Cu+]. The topological polar surface area (TPSA) is 218 Å². The maximum absolute atomic E-state index is 12.8. The maximum atomic E-state index is 12.8. The van der Waals surface area contributed by atoms with Gasteiger partial charge in [0, 0.05) is 38.4 Å². The van der Waals surface area contributed by atoms with E-state index < -0.39 is 30.0 Å². The van der Waals surface area contributed by atoms with Crippen LogP contribution in [0.25, 0.3) is 89.7 Å². The number of aromatic nitrogens is 8. The number of nitrogens with zero attached hydrogens (tertiary/aromatic N) is 6. The molecule has 0 radical (unpaired) electrons.